The maximum absolute atomic E-state index is 5.89. The molecule has 0 N–H and O–H groups in total. The van der Waals surface area contributed by atoms with E-state index in [4.69, 9.17) is 16.3 Å². The van der Waals surface area contributed by atoms with Crippen molar-refractivity contribution in [1.29, 1.82) is 0 Å². The second kappa shape index (κ2) is 5.31. The van der Waals surface area contributed by atoms with E-state index in [0.29, 0.717) is 24.1 Å². The second-order valence-corrected chi connectivity index (χ2v) is 4.12. The Morgan fingerprint density at radius 1 is 1.35 bits per heavy atom. The van der Waals surface area contributed by atoms with Crippen molar-refractivity contribution in [3.05, 3.63) is 17.7 Å². The molecule has 0 atom stereocenters. The van der Waals surface area contributed by atoms with Crippen molar-refractivity contribution in [3.63, 3.8) is 0 Å². The minimum Gasteiger partial charge on any atom is -0.491 e. The van der Waals surface area contributed by atoms with Crippen LogP contribution in [0.2, 0.25) is 5.28 Å². The van der Waals surface area contributed by atoms with Crippen LogP contribution in [0.5, 0.6) is 0 Å². The maximum atomic E-state index is 5.89. The highest BCUT2D eigenvalue weighted by molar-refractivity contribution is 6.28. The molecule has 1 aliphatic rings. The summed E-state index contributed by atoms with van der Waals surface area (Å²) in [6, 6.07) is 0. The quantitative estimate of drug-likeness (QED) is 0.771. The van der Waals surface area contributed by atoms with Gasteiger partial charge in [-0.15, -0.1) is 0 Å². The fraction of sp³-hybridized carbons (Fsp3) is 0.545. The first-order valence-electron chi connectivity index (χ1n) is 5.69. The standard InChI is InChI=1S/C11H15ClN4O/c1-3-17-8(2)9-13-10(12)15-11(14-9)16-6-4-5-7-16/h2-7H2,1H3. The van der Waals surface area contributed by atoms with Crippen LogP contribution in [0.4, 0.5) is 5.95 Å². The van der Waals surface area contributed by atoms with Gasteiger partial charge < -0.3 is 9.64 Å². The normalized spacial score (nSPS) is 15.1. The summed E-state index contributed by atoms with van der Waals surface area (Å²) in [4.78, 5) is 14.6. The summed E-state index contributed by atoms with van der Waals surface area (Å²) >= 11 is 5.89. The zero-order chi connectivity index (χ0) is 12.3. The number of nitrogens with zero attached hydrogens (tertiary/aromatic N) is 4. The molecule has 2 heterocycles. The average molecular weight is 255 g/mol. The molecule has 0 spiro atoms. The number of aromatic nitrogens is 3. The highest BCUT2D eigenvalue weighted by Crippen LogP contribution is 2.19. The molecule has 0 amide bonds. The first-order chi connectivity index (χ1) is 8.20. The second-order valence-electron chi connectivity index (χ2n) is 3.78. The predicted molar refractivity (Wildman–Crippen MR) is 66.9 cm³/mol. The van der Waals surface area contributed by atoms with E-state index in [1.807, 2.05) is 6.92 Å². The molecule has 0 aromatic carbocycles. The van der Waals surface area contributed by atoms with Crippen LogP contribution in [-0.4, -0.2) is 34.6 Å². The van der Waals surface area contributed by atoms with Gasteiger partial charge in [0.15, 0.2) is 5.76 Å². The van der Waals surface area contributed by atoms with Gasteiger partial charge in [-0.1, -0.05) is 6.58 Å². The van der Waals surface area contributed by atoms with Crippen LogP contribution in [-0.2, 0) is 4.74 Å². The minimum absolute atomic E-state index is 0.178. The van der Waals surface area contributed by atoms with E-state index < -0.39 is 0 Å². The SMILES string of the molecule is C=C(OCC)c1nc(Cl)nc(N2CCCC2)n1. The van der Waals surface area contributed by atoms with E-state index >= 15 is 0 Å². The average Bonchev–Trinajstić information content (AvgIpc) is 2.82. The van der Waals surface area contributed by atoms with Crippen LogP contribution in [0, 0.1) is 0 Å². The van der Waals surface area contributed by atoms with E-state index in [9.17, 15) is 0 Å². The van der Waals surface area contributed by atoms with Crippen molar-refractivity contribution < 1.29 is 4.74 Å². The summed E-state index contributed by atoms with van der Waals surface area (Å²) in [6.07, 6.45) is 2.32. The van der Waals surface area contributed by atoms with Gasteiger partial charge in [0.05, 0.1) is 6.61 Å². The van der Waals surface area contributed by atoms with Crippen molar-refractivity contribution in [2.45, 2.75) is 19.8 Å². The molecule has 0 unspecified atom stereocenters. The molecule has 1 aromatic heterocycles. The van der Waals surface area contributed by atoms with Crippen LogP contribution < -0.4 is 4.90 Å². The summed E-state index contributed by atoms with van der Waals surface area (Å²) in [6.45, 7) is 8.10. The van der Waals surface area contributed by atoms with Crippen molar-refractivity contribution >= 4 is 23.3 Å². The third-order valence-electron chi connectivity index (χ3n) is 2.55. The predicted octanol–water partition coefficient (Wildman–Crippen LogP) is 2.13. The van der Waals surface area contributed by atoms with Crippen LogP contribution >= 0.6 is 11.6 Å². The first kappa shape index (κ1) is 12.1. The molecule has 92 valence electrons. The van der Waals surface area contributed by atoms with Crippen LogP contribution in [0.1, 0.15) is 25.6 Å². The lowest BCUT2D eigenvalue weighted by Gasteiger charge is -2.15. The van der Waals surface area contributed by atoms with Gasteiger partial charge in [-0.2, -0.15) is 15.0 Å². The minimum atomic E-state index is 0.178. The summed E-state index contributed by atoms with van der Waals surface area (Å²) in [5.41, 5.74) is 0. The van der Waals surface area contributed by atoms with E-state index in [1.54, 1.807) is 0 Å². The number of hydrogen-bond donors (Lipinski definition) is 0. The highest BCUT2D eigenvalue weighted by atomic mass is 35.5. The molecule has 6 heteroatoms. The summed E-state index contributed by atoms with van der Waals surface area (Å²) in [5.74, 6) is 1.45. The third kappa shape index (κ3) is 2.85. The van der Waals surface area contributed by atoms with E-state index in [2.05, 4.69) is 26.4 Å². The van der Waals surface area contributed by atoms with Gasteiger partial charge in [0.1, 0.15) is 0 Å². The van der Waals surface area contributed by atoms with Crippen LogP contribution in [0.15, 0.2) is 6.58 Å². The Morgan fingerprint density at radius 3 is 2.71 bits per heavy atom. The Labute approximate surface area is 105 Å². The molecule has 5 nitrogen and oxygen atoms in total. The lowest BCUT2D eigenvalue weighted by atomic mass is 10.4. The molecule has 0 saturated carbocycles. The lowest BCUT2D eigenvalue weighted by Crippen LogP contribution is -2.21. The van der Waals surface area contributed by atoms with E-state index in [-0.39, 0.29) is 5.28 Å². The Bertz CT molecular complexity index is 418. The molecule has 1 fully saturated rings. The molecular weight excluding hydrogens is 240 g/mol. The van der Waals surface area contributed by atoms with Crippen molar-refractivity contribution in [2.24, 2.45) is 0 Å². The van der Waals surface area contributed by atoms with Gasteiger partial charge in [-0.05, 0) is 31.4 Å². The molecule has 2 rings (SSSR count). The van der Waals surface area contributed by atoms with Crippen molar-refractivity contribution in [1.82, 2.24) is 15.0 Å². The largest absolute Gasteiger partial charge is 0.491 e. The van der Waals surface area contributed by atoms with Gasteiger partial charge >= 0.3 is 0 Å². The van der Waals surface area contributed by atoms with Gasteiger partial charge in [-0.25, -0.2) is 0 Å². The molecule has 0 bridgehead atoms. The highest BCUT2D eigenvalue weighted by Gasteiger charge is 2.17. The fourth-order valence-electron chi connectivity index (χ4n) is 1.76. The van der Waals surface area contributed by atoms with Gasteiger partial charge in [-0.3, -0.25) is 0 Å². The number of hydrogen-bond acceptors (Lipinski definition) is 5. The summed E-state index contributed by atoms with van der Waals surface area (Å²) < 4.78 is 5.28. The monoisotopic (exact) mass is 254 g/mol. The lowest BCUT2D eigenvalue weighted by molar-refractivity contribution is 0.296. The Kier molecular flexibility index (Phi) is 3.78. The molecular formula is C11H15ClN4O. The molecule has 1 saturated heterocycles. The molecule has 0 aliphatic carbocycles. The van der Waals surface area contributed by atoms with Crippen molar-refractivity contribution in [2.75, 3.05) is 24.6 Å². The van der Waals surface area contributed by atoms with Gasteiger partial charge in [0.2, 0.25) is 17.1 Å². The summed E-state index contributed by atoms with van der Waals surface area (Å²) in [5, 5.41) is 0.178. The zero-order valence-electron chi connectivity index (χ0n) is 9.82. The molecule has 17 heavy (non-hydrogen) atoms. The fourth-order valence-corrected chi connectivity index (χ4v) is 1.92. The molecule has 0 radical (unpaired) electrons. The smallest absolute Gasteiger partial charge is 0.230 e. The summed E-state index contributed by atoms with van der Waals surface area (Å²) in [7, 11) is 0. The van der Waals surface area contributed by atoms with Crippen LogP contribution in [0.25, 0.3) is 5.76 Å². The Balaban J connectivity index is 2.25. The maximum Gasteiger partial charge on any atom is 0.230 e. The number of halogens is 1. The zero-order valence-corrected chi connectivity index (χ0v) is 10.6. The van der Waals surface area contributed by atoms with Gasteiger partial charge in [0, 0.05) is 13.1 Å². The van der Waals surface area contributed by atoms with E-state index in [1.165, 1.54) is 0 Å². The molecule has 1 aliphatic heterocycles. The third-order valence-corrected chi connectivity index (χ3v) is 2.72. The van der Waals surface area contributed by atoms with E-state index in [0.717, 1.165) is 25.9 Å². The van der Waals surface area contributed by atoms with Gasteiger partial charge in [0.25, 0.3) is 0 Å². The molecule has 1 aromatic rings. The Morgan fingerprint density at radius 2 is 2.06 bits per heavy atom. The van der Waals surface area contributed by atoms with Crippen LogP contribution in [0.3, 0.4) is 0 Å². The number of anilines is 1. The van der Waals surface area contributed by atoms with Crippen molar-refractivity contribution in [3.8, 4) is 0 Å². The first-order valence-corrected chi connectivity index (χ1v) is 6.07. The number of ether oxygens (including phenoxy) is 1. The Hall–Kier alpha value is -1.36. The number of rotatable bonds is 4. The topological polar surface area (TPSA) is 51.1 Å².